The monoisotopic (exact) mass is 459 g/mol. The summed E-state index contributed by atoms with van der Waals surface area (Å²) in [5.74, 6) is 0.933. The van der Waals surface area contributed by atoms with E-state index in [0.29, 0.717) is 18.4 Å². The Labute approximate surface area is 199 Å². The third-order valence-electron chi connectivity index (χ3n) is 7.36. The fourth-order valence-electron chi connectivity index (χ4n) is 5.29. The Bertz CT molecular complexity index is 1360. The molecule has 8 nitrogen and oxygen atoms in total. The van der Waals surface area contributed by atoms with Gasteiger partial charge in [-0.3, -0.25) is 9.69 Å². The number of piperidine rings is 1. The molecule has 0 spiro atoms. The van der Waals surface area contributed by atoms with E-state index < -0.39 is 0 Å². The number of benzene rings is 1. The summed E-state index contributed by atoms with van der Waals surface area (Å²) in [5, 5.41) is 13.1. The van der Waals surface area contributed by atoms with E-state index in [1.54, 1.807) is 18.0 Å². The molecule has 1 aromatic carbocycles. The van der Waals surface area contributed by atoms with Crippen LogP contribution in [0.25, 0.3) is 27.9 Å². The minimum Gasteiger partial charge on any atom is -0.358 e. The van der Waals surface area contributed by atoms with Crippen molar-refractivity contribution in [1.29, 1.82) is 0 Å². The van der Waals surface area contributed by atoms with Crippen molar-refractivity contribution in [3.8, 4) is 11.4 Å². The van der Waals surface area contributed by atoms with Crippen LogP contribution >= 0.6 is 0 Å². The quantitative estimate of drug-likeness (QED) is 0.472. The highest BCUT2D eigenvalue weighted by molar-refractivity contribution is 5.92. The predicted octanol–water partition coefficient (Wildman–Crippen LogP) is 3.94. The average molecular weight is 460 g/mol. The summed E-state index contributed by atoms with van der Waals surface area (Å²) in [6.07, 6.45) is 3.69. The Hall–Kier alpha value is -3.26. The zero-order valence-corrected chi connectivity index (χ0v) is 20.6. The molecule has 2 N–H and O–H groups in total. The maximum absolute atomic E-state index is 11.7. The first-order chi connectivity index (χ1) is 16.4. The van der Waals surface area contributed by atoms with Crippen LogP contribution in [0.4, 0.5) is 0 Å². The van der Waals surface area contributed by atoms with Gasteiger partial charge in [-0.2, -0.15) is 0 Å². The molecule has 8 heteroatoms. The van der Waals surface area contributed by atoms with Gasteiger partial charge in [-0.05, 0) is 80.4 Å². The SMILES string of the molecule is CNC(=O)CN1CCC(c2ccc3[nH]c(-c4nn5ncnc5c(C)c4C)c(C(C)C)c3c2)CC1. The van der Waals surface area contributed by atoms with E-state index in [2.05, 4.69) is 71.2 Å². The fourth-order valence-corrected chi connectivity index (χ4v) is 5.29. The van der Waals surface area contributed by atoms with Gasteiger partial charge in [0.25, 0.3) is 0 Å². The van der Waals surface area contributed by atoms with E-state index >= 15 is 0 Å². The number of H-pyrrole nitrogens is 1. The number of nitrogens with zero attached hydrogens (tertiary/aromatic N) is 5. The smallest absolute Gasteiger partial charge is 0.233 e. The summed E-state index contributed by atoms with van der Waals surface area (Å²) in [5.41, 5.74) is 8.83. The first-order valence-electron chi connectivity index (χ1n) is 12.1. The molecule has 1 aliphatic heterocycles. The van der Waals surface area contributed by atoms with Crippen LogP contribution in [-0.2, 0) is 4.79 Å². The molecular weight excluding hydrogens is 426 g/mol. The van der Waals surface area contributed by atoms with E-state index in [1.807, 2.05) is 0 Å². The number of aromatic amines is 1. The molecule has 5 rings (SSSR count). The summed E-state index contributed by atoms with van der Waals surface area (Å²) in [6, 6.07) is 6.85. The number of likely N-dealkylation sites (N-methyl/N-ethyl adjacent to an activating group) is 1. The van der Waals surface area contributed by atoms with Crippen molar-refractivity contribution < 1.29 is 4.79 Å². The van der Waals surface area contributed by atoms with Gasteiger partial charge < -0.3 is 10.3 Å². The number of hydrogen-bond donors (Lipinski definition) is 2. The summed E-state index contributed by atoms with van der Waals surface area (Å²) < 4.78 is 1.63. The van der Waals surface area contributed by atoms with Crippen LogP contribution in [-0.4, -0.2) is 62.3 Å². The Morgan fingerprint density at radius 3 is 2.68 bits per heavy atom. The lowest BCUT2D eigenvalue weighted by Crippen LogP contribution is -2.40. The minimum atomic E-state index is 0.0875. The Morgan fingerprint density at radius 1 is 1.21 bits per heavy atom. The lowest BCUT2D eigenvalue weighted by Gasteiger charge is -2.31. The Balaban J connectivity index is 1.52. The first-order valence-corrected chi connectivity index (χ1v) is 12.1. The number of fused-ring (bicyclic) bond motifs is 2. The van der Waals surface area contributed by atoms with Gasteiger partial charge in [0.15, 0.2) is 5.65 Å². The third-order valence-corrected chi connectivity index (χ3v) is 7.36. The molecule has 0 aliphatic carbocycles. The molecule has 0 bridgehead atoms. The predicted molar refractivity (Wildman–Crippen MR) is 134 cm³/mol. The summed E-state index contributed by atoms with van der Waals surface area (Å²) in [6.45, 7) is 11.1. The van der Waals surface area contributed by atoms with Crippen molar-refractivity contribution in [2.75, 3.05) is 26.7 Å². The lowest BCUT2D eigenvalue weighted by atomic mass is 9.87. The van der Waals surface area contributed by atoms with Gasteiger partial charge in [0, 0.05) is 23.5 Å². The Morgan fingerprint density at radius 2 is 1.97 bits per heavy atom. The second-order valence-electron chi connectivity index (χ2n) is 9.77. The lowest BCUT2D eigenvalue weighted by molar-refractivity contribution is -0.122. The van der Waals surface area contributed by atoms with Gasteiger partial charge in [-0.1, -0.05) is 19.9 Å². The second kappa shape index (κ2) is 8.83. The molecule has 0 unspecified atom stereocenters. The standard InChI is InChI=1S/C26H33N7O/c1-15(2)23-20-12-19(18-8-10-32(11-9-18)13-22(34)27-5)6-7-21(20)30-25(23)24-16(3)17(4)26-28-14-29-33(26)31-24/h6-7,12,14-15,18,30H,8-11,13H2,1-5H3,(H,27,34). The highest BCUT2D eigenvalue weighted by Gasteiger charge is 2.25. The van der Waals surface area contributed by atoms with Crippen LogP contribution < -0.4 is 5.32 Å². The third kappa shape index (κ3) is 3.86. The molecule has 1 amide bonds. The number of aryl methyl sites for hydroxylation is 1. The van der Waals surface area contributed by atoms with Crippen molar-refractivity contribution in [3.63, 3.8) is 0 Å². The number of nitrogens with one attached hydrogen (secondary N) is 2. The number of rotatable bonds is 5. The molecule has 1 saturated heterocycles. The van der Waals surface area contributed by atoms with Gasteiger partial charge in [0.2, 0.25) is 5.91 Å². The highest BCUT2D eigenvalue weighted by atomic mass is 16.1. The zero-order chi connectivity index (χ0) is 24.0. The first kappa shape index (κ1) is 22.5. The number of amides is 1. The summed E-state index contributed by atoms with van der Waals surface area (Å²) in [7, 11) is 1.70. The van der Waals surface area contributed by atoms with Gasteiger partial charge >= 0.3 is 0 Å². The van der Waals surface area contributed by atoms with Gasteiger partial charge in [0.1, 0.15) is 12.0 Å². The molecule has 0 radical (unpaired) electrons. The van der Waals surface area contributed by atoms with E-state index in [-0.39, 0.29) is 5.91 Å². The Kier molecular flexibility index (Phi) is 5.85. The molecule has 178 valence electrons. The molecule has 4 heterocycles. The minimum absolute atomic E-state index is 0.0875. The molecule has 1 fully saturated rings. The maximum atomic E-state index is 11.7. The van der Waals surface area contributed by atoms with Crippen molar-refractivity contribution >= 4 is 22.5 Å². The molecule has 34 heavy (non-hydrogen) atoms. The molecule has 4 aromatic rings. The van der Waals surface area contributed by atoms with Crippen LogP contribution in [0.2, 0.25) is 0 Å². The molecule has 1 aliphatic rings. The van der Waals surface area contributed by atoms with Crippen LogP contribution in [0.1, 0.15) is 60.8 Å². The summed E-state index contributed by atoms with van der Waals surface area (Å²) >= 11 is 0. The zero-order valence-electron chi connectivity index (χ0n) is 20.6. The fraction of sp³-hybridized carbons (Fsp3) is 0.462. The van der Waals surface area contributed by atoms with Crippen LogP contribution in [0.5, 0.6) is 0 Å². The maximum Gasteiger partial charge on any atom is 0.233 e. The number of carbonyl (C=O) groups excluding carboxylic acids is 1. The molecular formula is C26H33N7O. The topological polar surface area (TPSA) is 91.2 Å². The second-order valence-corrected chi connectivity index (χ2v) is 9.77. The van der Waals surface area contributed by atoms with E-state index in [4.69, 9.17) is 5.10 Å². The van der Waals surface area contributed by atoms with Gasteiger partial charge in [-0.15, -0.1) is 14.8 Å². The average Bonchev–Trinajstić information content (AvgIpc) is 3.46. The van der Waals surface area contributed by atoms with Gasteiger partial charge in [0.05, 0.1) is 12.2 Å². The van der Waals surface area contributed by atoms with Crippen LogP contribution in [0.15, 0.2) is 24.5 Å². The van der Waals surface area contributed by atoms with E-state index in [9.17, 15) is 4.79 Å². The van der Waals surface area contributed by atoms with E-state index in [0.717, 1.165) is 59.6 Å². The molecule has 0 atom stereocenters. The normalized spacial score (nSPS) is 15.6. The highest BCUT2D eigenvalue weighted by Crippen LogP contribution is 2.39. The molecule has 0 saturated carbocycles. The number of hydrogen-bond acceptors (Lipinski definition) is 5. The number of aromatic nitrogens is 5. The van der Waals surface area contributed by atoms with Crippen LogP contribution in [0.3, 0.4) is 0 Å². The van der Waals surface area contributed by atoms with Gasteiger partial charge in [-0.25, -0.2) is 4.98 Å². The van der Waals surface area contributed by atoms with E-state index in [1.165, 1.54) is 16.5 Å². The van der Waals surface area contributed by atoms with Crippen molar-refractivity contribution in [2.45, 2.75) is 52.4 Å². The largest absolute Gasteiger partial charge is 0.358 e. The number of carbonyl (C=O) groups is 1. The van der Waals surface area contributed by atoms with Crippen molar-refractivity contribution in [1.82, 2.24) is 35.0 Å². The van der Waals surface area contributed by atoms with Crippen molar-refractivity contribution in [2.24, 2.45) is 0 Å². The van der Waals surface area contributed by atoms with Crippen LogP contribution in [0, 0.1) is 13.8 Å². The molecule has 3 aromatic heterocycles. The number of likely N-dealkylation sites (tertiary alicyclic amines) is 1. The van der Waals surface area contributed by atoms with Crippen molar-refractivity contribution in [3.05, 3.63) is 46.8 Å². The summed E-state index contributed by atoms with van der Waals surface area (Å²) in [4.78, 5) is 22.0.